The standard InChI is InChI=1S/C30H36FN3O5S/c1-5-6-18-32-30(36)23(3)33(20-24-12-10-11-15-26(24)31)29(35)21-34(27-19-22(2)16-17-28(27)39-4)40(37,38)25-13-8-7-9-14-25/h7-17,19,23H,5-6,18,20-21H2,1-4H3,(H,32,36). The molecule has 0 spiro atoms. The molecule has 2 amide bonds. The zero-order valence-electron chi connectivity index (χ0n) is 23.3. The summed E-state index contributed by atoms with van der Waals surface area (Å²) in [6.45, 7) is 4.89. The summed E-state index contributed by atoms with van der Waals surface area (Å²) in [6.07, 6.45) is 1.63. The summed E-state index contributed by atoms with van der Waals surface area (Å²) in [5.74, 6) is -1.37. The normalized spacial score (nSPS) is 11.9. The Hall–Kier alpha value is -3.92. The zero-order chi connectivity index (χ0) is 29.3. The second-order valence-corrected chi connectivity index (χ2v) is 11.3. The molecule has 0 saturated heterocycles. The van der Waals surface area contributed by atoms with Gasteiger partial charge in [-0.1, -0.05) is 55.8 Å². The number of sulfonamides is 1. The average molecular weight is 570 g/mol. The van der Waals surface area contributed by atoms with Crippen molar-refractivity contribution in [2.45, 2.75) is 51.1 Å². The first-order valence-corrected chi connectivity index (χ1v) is 14.6. The van der Waals surface area contributed by atoms with Gasteiger partial charge in [0.25, 0.3) is 10.0 Å². The lowest BCUT2D eigenvalue weighted by molar-refractivity contribution is -0.139. The predicted octanol–water partition coefficient (Wildman–Crippen LogP) is 4.67. The number of anilines is 1. The highest BCUT2D eigenvalue weighted by Crippen LogP contribution is 2.33. The minimum Gasteiger partial charge on any atom is -0.495 e. The van der Waals surface area contributed by atoms with Crippen LogP contribution in [-0.2, 0) is 26.2 Å². The Morgan fingerprint density at radius 1 is 1.02 bits per heavy atom. The van der Waals surface area contributed by atoms with Gasteiger partial charge in [-0.15, -0.1) is 0 Å². The quantitative estimate of drug-likeness (QED) is 0.302. The van der Waals surface area contributed by atoms with Gasteiger partial charge in [0.1, 0.15) is 24.2 Å². The van der Waals surface area contributed by atoms with E-state index in [1.54, 1.807) is 56.3 Å². The summed E-state index contributed by atoms with van der Waals surface area (Å²) in [5, 5.41) is 2.81. The third kappa shape index (κ3) is 7.38. The van der Waals surface area contributed by atoms with Crippen molar-refractivity contribution in [3.63, 3.8) is 0 Å². The second-order valence-electron chi connectivity index (χ2n) is 9.43. The van der Waals surface area contributed by atoms with Crippen molar-refractivity contribution in [3.8, 4) is 5.75 Å². The van der Waals surface area contributed by atoms with Crippen LogP contribution in [0.1, 0.15) is 37.8 Å². The Morgan fingerprint density at radius 2 is 1.70 bits per heavy atom. The third-order valence-corrected chi connectivity index (χ3v) is 8.28. The lowest BCUT2D eigenvalue weighted by atomic mass is 10.1. The van der Waals surface area contributed by atoms with E-state index >= 15 is 0 Å². The number of rotatable bonds is 13. The van der Waals surface area contributed by atoms with Crippen molar-refractivity contribution < 1.29 is 27.1 Å². The molecule has 0 aromatic heterocycles. The molecule has 3 aromatic rings. The number of ether oxygens (including phenoxy) is 1. The first-order chi connectivity index (χ1) is 19.1. The maximum atomic E-state index is 14.6. The van der Waals surface area contributed by atoms with E-state index in [1.807, 2.05) is 6.92 Å². The fourth-order valence-electron chi connectivity index (χ4n) is 4.16. The number of halogens is 1. The molecule has 40 heavy (non-hydrogen) atoms. The van der Waals surface area contributed by atoms with Gasteiger partial charge < -0.3 is 15.0 Å². The Kier molecular flexibility index (Phi) is 10.7. The van der Waals surface area contributed by atoms with Crippen LogP contribution in [0.25, 0.3) is 0 Å². The van der Waals surface area contributed by atoms with Crippen molar-refractivity contribution in [1.82, 2.24) is 10.2 Å². The number of nitrogens with one attached hydrogen (secondary N) is 1. The van der Waals surface area contributed by atoms with E-state index in [1.165, 1.54) is 42.3 Å². The van der Waals surface area contributed by atoms with Crippen molar-refractivity contribution >= 4 is 27.5 Å². The smallest absolute Gasteiger partial charge is 0.264 e. The van der Waals surface area contributed by atoms with Crippen molar-refractivity contribution in [2.75, 3.05) is 24.5 Å². The molecule has 0 radical (unpaired) electrons. The number of carbonyl (C=O) groups is 2. The summed E-state index contributed by atoms with van der Waals surface area (Å²) in [5.41, 5.74) is 1.13. The van der Waals surface area contributed by atoms with Crippen LogP contribution in [0.2, 0.25) is 0 Å². The fraction of sp³-hybridized carbons (Fsp3) is 0.333. The highest BCUT2D eigenvalue weighted by molar-refractivity contribution is 7.92. The number of hydrogen-bond donors (Lipinski definition) is 1. The van der Waals surface area contributed by atoms with E-state index in [0.29, 0.717) is 6.54 Å². The lowest BCUT2D eigenvalue weighted by Crippen LogP contribution is -2.51. The van der Waals surface area contributed by atoms with Crippen LogP contribution in [0.3, 0.4) is 0 Å². The molecule has 3 rings (SSSR count). The van der Waals surface area contributed by atoms with Crippen LogP contribution < -0.4 is 14.4 Å². The van der Waals surface area contributed by atoms with Gasteiger partial charge in [-0.3, -0.25) is 13.9 Å². The number of nitrogens with zero attached hydrogens (tertiary/aromatic N) is 2. The van der Waals surface area contributed by atoms with Gasteiger partial charge in [0.2, 0.25) is 11.8 Å². The van der Waals surface area contributed by atoms with Crippen LogP contribution in [0, 0.1) is 12.7 Å². The van der Waals surface area contributed by atoms with Gasteiger partial charge in [0.15, 0.2) is 0 Å². The van der Waals surface area contributed by atoms with E-state index in [9.17, 15) is 22.4 Å². The first kappa shape index (κ1) is 30.6. The average Bonchev–Trinajstić information content (AvgIpc) is 2.95. The maximum Gasteiger partial charge on any atom is 0.264 e. The Balaban J connectivity index is 2.07. The molecule has 8 nitrogen and oxygen atoms in total. The Morgan fingerprint density at radius 3 is 2.35 bits per heavy atom. The molecule has 10 heteroatoms. The number of hydrogen-bond acceptors (Lipinski definition) is 5. The number of aryl methyl sites for hydroxylation is 1. The third-order valence-electron chi connectivity index (χ3n) is 6.51. The Bertz CT molecular complexity index is 1420. The largest absolute Gasteiger partial charge is 0.495 e. The van der Waals surface area contributed by atoms with Crippen molar-refractivity contribution in [1.29, 1.82) is 0 Å². The number of unbranched alkanes of at least 4 members (excludes halogenated alkanes) is 1. The second kappa shape index (κ2) is 13.9. The van der Waals surface area contributed by atoms with E-state index < -0.39 is 40.2 Å². The number of methoxy groups -OCH3 is 1. The molecule has 0 heterocycles. The van der Waals surface area contributed by atoms with Gasteiger partial charge in [-0.05, 0) is 56.2 Å². The van der Waals surface area contributed by atoms with Gasteiger partial charge in [-0.2, -0.15) is 0 Å². The first-order valence-electron chi connectivity index (χ1n) is 13.1. The monoisotopic (exact) mass is 569 g/mol. The van der Waals surface area contributed by atoms with Crippen LogP contribution in [-0.4, -0.2) is 51.4 Å². The predicted molar refractivity (Wildman–Crippen MR) is 153 cm³/mol. The summed E-state index contributed by atoms with van der Waals surface area (Å²) in [7, 11) is -2.83. The molecule has 0 aliphatic rings. The minimum absolute atomic E-state index is 0.0163. The van der Waals surface area contributed by atoms with Crippen LogP contribution in [0.15, 0.2) is 77.7 Å². The minimum atomic E-state index is -4.25. The summed E-state index contributed by atoms with van der Waals surface area (Å²) in [4.78, 5) is 28.2. The molecular weight excluding hydrogens is 533 g/mol. The van der Waals surface area contributed by atoms with Gasteiger partial charge in [-0.25, -0.2) is 12.8 Å². The van der Waals surface area contributed by atoms with E-state index in [-0.39, 0.29) is 28.4 Å². The SMILES string of the molecule is CCCCNC(=O)C(C)N(Cc1ccccc1F)C(=O)CN(c1cc(C)ccc1OC)S(=O)(=O)c1ccccc1. The van der Waals surface area contributed by atoms with Crippen LogP contribution in [0.5, 0.6) is 5.75 Å². The van der Waals surface area contributed by atoms with Crippen molar-refractivity contribution in [3.05, 3.63) is 89.7 Å². The highest BCUT2D eigenvalue weighted by atomic mass is 32.2. The summed E-state index contributed by atoms with van der Waals surface area (Å²) < 4.78 is 48.9. The summed E-state index contributed by atoms with van der Waals surface area (Å²) in [6, 6.07) is 17.7. The number of carbonyl (C=O) groups excluding carboxylic acids is 2. The Labute approximate surface area is 235 Å². The van der Waals surface area contributed by atoms with Crippen LogP contribution >= 0.6 is 0 Å². The summed E-state index contributed by atoms with van der Waals surface area (Å²) >= 11 is 0. The molecule has 1 unspecified atom stereocenters. The molecule has 214 valence electrons. The molecule has 1 N–H and O–H groups in total. The number of amides is 2. The molecule has 0 aliphatic heterocycles. The van der Waals surface area contributed by atoms with Crippen molar-refractivity contribution in [2.24, 2.45) is 0 Å². The zero-order valence-corrected chi connectivity index (χ0v) is 24.1. The lowest BCUT2D eigenvalue weighted by Gasteiger charge is -2.32. The molecule has 0 aliphatic carbocycles. The van der Waals surface area contributed by atoms with Gasteiger partial charge in [0.05, 0.1) is 17.7 Å². The molecule has 3 aromatic carbocycles. The molecule has 0 saturated carbocycles. The van der Waals surface area contributed by atoms with E-state index in [4.69, 9.17) is 4.74 Å². The molecule has 0 fully saturated rings. The molecular formula is C30H36FN3O5S. The molecule has 1 atom stereocenters. The fourth-order valence-corrected chi connectivity index (χ4v) is 5.59. The van der Waals surface area contributed by atoms with Gasteiger partial charge >= 0.3 is 0 Å². The molecule has 0 bridgehead atoms. The van der Waals surface area contributed by atoms with Gasteiger partial charge in [0, 0.05) is 18.7 Å². The highest BCUT2D eigenvalue weighted by Gasteiger charge is 2.34. The van der Waals surface area contributed by atoms with Crippen LogP contribution in [0.4, 0.5) is 10.1 Å². The van der Waals surface area contributed by atoms with E-state index in [0.717, 1.165) is 22.7 Å². The maximum absolute atomic E-state index is 14.6. The topological polar surface area (TPSA) is 96.0 Å². The number of benzene rings is 3. The van der Waals surface area contributed by atoms with E-state index in [2.05, 4.69) is 5.32 Å².